The average Bonchev–Trinajstić information content (AvgIpc) is 2.95. The molecule has 3 rings (SSSR count). The standard InChI is InChI=1S/C19H22N4O3S/c20-16(14-7-2-1-3-8-14)13-22-18(24)11-6-12-21-19-15-9-4-5-10-17(15)27(25,26)23-19/h1-5,7-10,16H,6,11-13,20H2,(H,21,23)(H,22,24). The highest BCUT2D eigenvalue weighted by Gasteiger charge is 2.29. The van der Waals surface area contributed by atoms with E-state index in [9.17, 15) is 13.2 Å². The lowest BCUT2D eigenvalue weighted by Gasteiger charge is -2.13. The average molecular weight is 386 g/mol. The summed E-state index contributed by atoms with van der Waals surface area (Å²) in [4.78, 5) is 16.5. The molecule has 0 aromatic heterocycles. The molecule has 1 unspecified atom stereocenters. The van der Waals surface area contributed by atoms with Gasteiger partial charge in [-0.05, 0) is 24.1 Å². The number of amidine groups is 1. The van der Waals surface area contributed by atoms with E-state index in [-0.39, 0.29) is 16.8 Å². The van der Waals surface area contributed by atoms with Gasteiger partial charge in [0.05, 0.1) is 4.90 Å². The molecule has 1 aliphatic heterocycles. The van der Waals surface area contributed by atoms with Crippen molar-refractivity contribution in [1.29, 1.82) is 0 Å². The van der Waals surface area contributed by atoms with Crippen molar-refractivity contribution in [2.45, 2.75) is 23.8 Å². The van der Waals surface area contributed by atoms with E-state index in [1.165, 1.54) is 0 Å². The third-order valence-corrected chi connectivity index (χ3v) is 5.64. The van der Waals surface area contributed by atoms with Crippen LogP contribution in [-0.4, -0.2) is 33.3 Å². The van der Waals surface area contributed by atoms with Crippen molar-refractivity contribution in [1.82, 2.24) is 10.0 Å². The number of amides is 1. The van der Waals surface area contributed by atoms with Gasteiger partial charge in [-0.25, -0.2) is 8.42 Å². The minimum atomic E-state index is -3.53. The Hall–Kier alpha value is -2.71. The van der Waals surface area contributed by atoms with Crippen LogP contribution < -0.4 is 15.8 Å². The van der Waals surface area contributed by atoms with Crippen LogP contribution in [0.1, 0.15) is 30.0 Å². The highest BCUT2D eigenvalue weighted by molar-refractivity contribution is 7.90. The van der Waals surface area contributed by atoms with Crippen molar-refractivity contribution >= 4 is 21.8 Å². The van der Waals surface area contributed by atoms with E-state index >= 15 is 0 Å². The summed E-state index contributed by atoms with van der Waals surface area (Å²) in [5.74, 6) is 0.228. The summed E-state index contributed by atoms with van der Waals surface area (Å²) in [6, 6.07) is 16.0. The van der Waals surface area contributed by atoms with E-state index in [0.717, 1.165) is 5.56 Å². The molecular formula is C19H22N4O3S. The quantitative estimate of drug-likeness (QED) is 0.623. The van der Waals surface area contributed by atoms with Crippen LogP contribution in [0.15, 0.2) is 64.5 Å². The van der Waals surface area contributed by atoms with Crippen molar-refractivity contribution in [2.75, 3.05) is 13.1 Å². The normalized spacial score (nSPS) is 17.1. The van der Waals surface area contributed by atoms with Gasteiger partial charge in [-0.2, -0.15) is 0 Å². The van der Waals surface area contributed by atoms with Gasteiger partial charge in [0, 0.05) is 31.1 Å². The van der Waals surface area contributed by atoms with Crippen LogP contribution in [0.3, 0.4) is 0 Å². The molecule has 0 radical (unpaired) electrons. The molecule has 1 aliphatic rings. The van der Waals surface area contributed by atoms with Crippen LogP contribution >= 0.6 is 0 Å². The molecule has 1 atom stereocenters. The number of hydrogen-bond acceptors (Lipinski definition) is 5. The van der Waals surface area contributed by atoms with Gasteiger partial charge in [0.15, 0.2) is 0 Å². The molecule has 8 heteroatoms. The van der Waals surface area contributed by atoms with Gasteiger partial charge in [-0.3, -0.25) is 14.5 Å². The molecule has 0 saturated heterocycles. The molecule has 2 aromatic carbocycles. The number of aliphatic imine (C=N–C) groups is 1. The third kappa shape index (κ3) is 4.72. The molecule has 4 N–H and O–H groups in total. The summed E-state index contributed by atoms with van der Waals surface area (Å²) < 4.78 is 26.5. The lowest BCUT2D eigenvalue weighted by Crippen LogP contribution is -2.31. The molecule has 1 amide bonds. The molecular weight excluding hydrogens is 364 g/mol. The second-order valence-electron chi connectivity index (χ2n) is 6.26. The highest BCUT2D eigenvalue weighted by Crippen LogP contribution is 2.22. The Labute approximate surface area is 158 Å². The monoisotopic (exact) mass is 386 g/mol. The molecule has 1 heterocycles. The number of rotatable bonds is 7. The molecule has 0 aliphatic carbocycles. The van der Waals surface area contributed by atoms with Gasteiger partial charge in [-0.15, -0.1) is 0 Å². The Bertz CT molecular complexity index is 942. The fourth-order valence-corrected chi connectivity index (χ4v) is 4.06. The smallest absolute Gasteiger partial charge is 0.263 e. The number of benzene rings is 2. The maximum Gasteiger partial charge on any atom is 0.263 e. The molecule has 2 aromatic rings. The minimum Gasteiger partial charge on any atom is -0.354 e. The van der Waals surface area contributed by atoms with Crippen molar-refractivity contribution in [3.05, 3.63) is 65.7 Å². The van der Waals surface area contributed by atoms with Crippen LogP contribution in [0.25, 0.3) is 0 Å². The number of nitrogens with two attached hydrogens (primary N) is 1. The molecule has 142 valence electrons. The van der Waals surface area contributed by atoms with E-state index in [0.29, 0.717) is 37.3 Å². The number of carbonyl (C=O) groups is 1. The third-order valence-electron chi connectivity index (χ3n) is 4.24. The highest BCUT2D eigenvalue weighted by atomic mass is 32.2. The Kier molecular flexibility index (Phi) is 5.88. The molecule has 0 bridgehead atoms. The lowest BCUT2D eigenvalue weighted by atomic mass is 10.1. The van der Waals surface area contributed by atoms with Crippen molar-refractivity contribution < 1.29 is 13.2 Å². The van der Waals surface area contributed by atoms with Crippen molar-refractivity contribution in [2.24, 2.45) is 10.7 Å². The van der Waals surface area contributed by atoms with Crippen LogP contribution in [0, 0.1) is 0 Å². The molecule has 0 fully saturated rings. The number of hydrogen-bond donors (Lipinski definition) is 3. The number of sulfonamides is 1. The van der Waals surface area contributed by atoms with E-state index < -0.39 is 10.0 Å². The van der Waals surface area contributed by atoms with Crippen LogP contribution in [0.5, 0.6) is 0 Å². The first-order chi connectivity index (χ1) is 13.0. The summed E-state index contributed by atoms with van der Waals surface area (Å²) >= 11 is 0. The maximum atomic E-state index is 12.0. The zero-order valence-electron chi connectivity index (χ0n) is 14.8. The fraction of sp³-hybridized carbons (Fsp3) is 0.263. The Balaban J connectivity index is 1.45. The van der Waals surface area contributed by atoms with Crippen LogP contribution in [0.2, 0.25) is 0 Å². The zero-order chi connectivity index (χ0) is 19.3. The lowest BCUT2D eigenvalue weighted by molar-refractivity contribution is -0.121. The second kappa shape index (κ2) is 8.32. The summed E-state index contributed by atoms with van der Waals surface area (Å²) in [7, 11) is -3.53. The fourth-order valence-electron chi connectivity index (χ4n) is 2.81. The topological polar surface area (TPSA) is 114 Å². The number of nitrogens with zero attached hydrogens (tertiary/aromatic N) is 1. The van der Waals surface area contributed by atoms with Gasteiger partial charge in [0.2, 0.25) is 5.91 Å². The molecule has 0 saturated carbocycles. The molecule has 7 nitrogen and oxygen atoms in total. The Morgan fingerprint density at radius 3 is 2.59 bits per heavy atom. The first-order valence-electron chi connectivity index (χ1n) is 8.71. The van der Waals surface area contributed by atoms with Gasteiger partial charge < -0.3 is 11.1 Å². The van der Waals surface area contributed by atoms with E-state index in [1.54, 1.807) is 24.3 Å². The first kappa shape index (κ1) is 19.1. The van der Waals surface area contributed by atoms with Gasteiger partial charge in [0.25, 0.3) is 10.0 Å². The first-order valence-corrected chi connectivity index (χ1v) is 10.2. The summed E-state index contributed by atoms with van der Waals surface area (Å²) in [5.41, 5.74) is 7.58. The Morgan fingerprint density at radius 2 is 1.81 bits per heavy atom. The van der Waals surface area contributed by atoms with E-state index in [2.05, 4.69) is 15.0 Å². The predicted molar refractivity (Wildman–Crippen MR) is 104 cm³/mol. The number of fused-ring (bicyclic) bond motifs is 1. The Morgan fingerprint density at radius 1 is 1.11 bits per heavy atom. The van der Waals surface area contributed by atoms with Gasteiger partial charge in [0.1, 0.15) is 5.84 Å². The maximum absolute atomic E-state index is 12.0. The van der Waals surface area contributed by atoms with Crippen molar-refractivity contribution in [3.8, 4) is 0 Å². The van der Waals surface area contributed by atoms with Crippen LogP contribution in [0.4, 0.5) is 0 Å². The van der Waals surface area contributed by atoms with Crippen molar-refractivity contribution in [3.63, 3.8) is 0 Å². The number of nitrogens with one attached hydrogen (secondary N) is 2. The summed E-state index contributed by atoms with van der Waals surface area (Å²) in [5, 5.41) is 2.81. The van der Waals surface area contributed by atoms with E-state index in [4.69, 9.17) is 5.73 Å². The predicted octanol–water partition coefficient (Wildman–Crippen LogP) is 1.32. The SMILES string of the molecule is NC(CNC(=O)CCCN=C1NS(=O)(=O)c2ccccc21)c1ccccc1. The van der Waals surface area contributed by atoms with Crippen LogP contribution in [-0.2, 0) is 14.8 Å². The summed E-state index contributed by atoms with van der Waals surface area (Å²) in [6.45, 7) is 0.717. The second-order valence-corrected chi connectivity index (χ2v) is 7.91. The molecule has 27 heavy (non-hydrogen) atoms. The minimum absolute atomic E-state index is 0.103. The largest absolute Gasteiger partial charge is 0.354 e. The number of carbonyl (C=O) groups excluding carboxylic acids is 1. The summed E-state index contributed by atoms with van der Waals surface area (Å²) in [6.07, 6.45) is 0.812. The van der Waals surface area contributed by atoms with Gasteiger partial charge in [-0.1, -0.05) is 42.5 Å². The van der Waals surface area contributed by atoms with E-state index in [1.807, 2.05) is 30.3 Å². The molecule has 0 spiro atoms. The van der Waals surface area contributed by atoms with Gasteiger partial charge >= 0.3 is 0 Å². The zero-order valence-corrected chi connectivity index (χ0v) is 15.6.